The first-order valence-corrected chi connectivity index (χ1v) is 4.16. The van der Waals surface area contributed by atoms with Crippen LogP contribution >= 0.6 is 0 Å². The maximum absolute atomic E-state index is 11.2. The van der Waals surface area contributed by atoms with Crippen molar-refractivity contribution in [2.24, 2.45) is 5.41 Å². The van der Waals surface area contributed by atoms with Crippen molar-refractivity contribution in [3.05, 3.63) is 0 Å². The number of carbonyl (C=O) groups is 1. The van der Waals surface area contributed by atoms with Gasteiger partial charge in [-0.3, -0.25) is 4.79 Å². The van der Waals surface area contributed by atoms with Crippen molar-refractivity contribution in [2.45, 2.75) is 19.8 Å². The van der Waals surface area contributed by atoms with Crippen LogP contribution < -0.4 is 0 Å². The highest BCUT2D eigenvalue weighted by Crippen LogP contribution is 2.24. The Morgan fingerprint density at radius 2 is 1.85 bits per heavy atom. The zero-order chi connectivity index (χ0) is 10.3. The molecule has 0 aliphatic carbocycles. The number of ether oxygens (including phenoxy) is 1. The molecule has 0 aliphatic rings. The summed E-state index contributed by atoms with van der Waals surface area (Å²) in [5, 5.41) is 26.3. The Balaban J connectivity index is 4.43. The molecule has 0 bridgehead atoms. The normalized spacial score (nSPS) is 11.4. The summed E-state index contributed by atoms with van der Waals surface area (Å²) in [5.41, 5.74) is -1.27. The van der Waals surface area contributed by atoms with E-state index in [1.807, 2.05) is 6.92 Å². The molecule has 0 spiro atoms. The van der Waals surface area contributed by atoms with Crippen LogP contribution in [0.4, 0.5) is 0 Å². The van der Waals surface area contributed by atoms with Crippen LogP contribution in [0.1, 0.15) is 19.8 Å². The molecule has 5 heteroatoms. The van der Waals surface area contributed by atoms with E-state index in [4.69, 9.17) is 15.3 Å². The van der Waals surface area contributed by atoms with Gasteiger partial charge < -0.3 is 20.1 Å². The topological polar surface area (TPSA) is 87.0 Å². The number of carbonyl (C=O) groups excluding carboxylic acids is 1. The summed E-state index contributed by atoms with van der Waals surface area (Å²) in [4.78, 5) is 11.2. The lowest BCUT2D eigenvalue weighted by Crippen LogP contribution is -2.40. The van der Waals surface area contributed by atoms with Crippen LogP contribution in [0.15, 0.2) is 0 Å². The van der Waals surface area contributed by atoms with E-state index in [9.17, 15) is 4.79 Å². The number of hydrogen-bond acceptors (Lipinski definition) is 5. The fourth-order valence-electron chi connectivity index (χ4n) is 1.13. The third kappa shape index (κ3) is 2.95. The van der Waals surface area contributed by atoms with Gasteiger partial charge in [-0.1, -0.05) is 13.3 Å². The fourth-order valence-corrected chi connectivity index (χ4v) is 1.13. The second-order valence-electron chi connectivity index (χ2n) is 2.91. The highest BCUT2D eigenvalue weighted by atomic mass is 16.6. The van der Waals surface area contributed by atoms with Crippen molar-refractivity contribution in [1.82, 2.24) is 0 Å². The largest absolute Gasteiger partial charge is 0.438 e. The summed E-state index contributed by atoms with van der Waals surface area (Å²) in [6, 6.07) is 0. The van der Waals surface area contributed by atoms with Crippen molar-refractivity contribution in [3.8, 4) is 0 Å². The molecule has 0 aliphatic heterocycles. The van der Waals surface area contributed by atoms with Crippen molar-refractivity contribution in [3.63, 3.8) is 0 Å². The first-order valence-electron chi connectivity index (χ1n) is 4.16. The van der Waals surface area contributed by atoms with E-state index in [0.717, 1.165) is 0 Å². The molecule has 0 saturated carbocycles. The first kappa shape index (κ1) is 12.3. The smallest absolute Gasteiger partial charge is 0.318 e. The molecule has 78 valence electrons. The average molecular weight is 192 g/mol. The molecular weight excluding hydrogens is 176 g/mol. The Morgan fingerprint density at radius 3 is 2.15 bits per heavy atom. The molecule has 3 N–H and O–H groups in total. The van der Waals surface area contributed by atoms with Crippen LogP contribution in [-0.2, 0) is 9.53 Å². The zero-order valence-electron chi connectivity index (χ0n) is 7.69. The molecule has 0 aromatic heterocycles. The molecule has 0 aromatic rings. The number of esters is 1. The lowest BCUT2D eigenvalue weighted by Gasteiger charge is -2.26. The molecular formula is C8H16O5. The van der Waals surface area contributed by atoms with Gasteiger partial charge in [0, 0.05) is 0 Å². The van der Waals surface area contributed by atoms with Crippen molar-refractivity contribution in [2.75, 3.05) is 20.0 Å². The molecule has 0 atom stereocenters. The molecule has 0 saturated heterocycles. The van der Waals surface area contributed by atoms with Gasteiger partial charge >= 0.3 is 5.97 Å². The molecule has 13 heavy (non-hydrogen) atoms. The molecule has 0 radical (unpaired) electrons. The summed E-state index contributed by atoms with van der Waals surface area (Å²) < 4.78 is 4.34. The third-order valence-electron chi connectivity index (χ3n) is 1.96. The quantitative estimate of drug-likeness (QED) is 0.381. The molecule has 0 unspecified atom stereocenters. The van der Waals surface area contributed by atoms with Crippen LogP contribution in [-0.4, -0.2) is 41.3 Å². The van der Waals surface area contributed by atoms with Gasteiger partial charge in [-0.15, -0.1) is 0 Å². The van der Waals surface area contributed by atoms with Crippen LogP contribution in [0.5, 0.6) is 0 Å². The number of hydrogen-bond donors (Lipinski definition) is 3. The number of aliphatic hydroxyl groups excluding tert-OH is 3. The number of rotatable bonds is 6. The van der Waals surface area contributed by atoms with Gasteiger partial charge in [-0.05, 0) is 6.42 Å². The minimum Gasteiger partial charge on any atom is -0.438 e. The predicted octanol–water partition coefficient (Wildman–Crippen LogP) is -0.750. The molecule has 0 fully saturated rings. The second kappa shape index (κ2) is 5.90. The first-order chi connectivity index (χ1) is 6.16. The highest BCUT2D eigenvalue weighted by Gasteiger charge is 2.38. The van der Waals surface area contributed by atoms with Crippen LogP contribution in [0.25, 0.3) is 0 Å². The van der Waals surface area contributed by atoms with E-state index >= 15 is 0 Å². The standard InChI is InChI=1S/C8H16O5/c1-2-3-8(4-9,5-10)7(12)13-6-11/h9-11H,2-6H2,1H3. The van der Waals surface area contributed by atoms with Gasteiger partial charge in [0.15, 0.2) is 6.79 Å². The summed E-state index contributed by atoms with van der Waals surface area (Å²) >= 11 is 0. The Labute approximate surface area is 77.0 Å². The summed E-state index contributed by atoms with van der Waals surface area (Å²) in [5.74, 6) is -0.762. The summed E-state index contributed by atoms with van der Waals surface area (Å²) in [6.45, 7) is 0.142. The minimum atomic E-state index is -1.27. The van der Waals surface area contributed by atoms with Gasteiger partial charge in [0.1, 0.15) is 5.41 Å². The Morgan fingerprint density at radius 1 is 1.31 bits per heavy atom. The maximum Gasteiger partial charge on any atom is 0.318 e. The fraction of sp³-hybridized carbons (Fsp3) is 0.875. The van der Waals surface area contributed by atoms with E-state index in [1.165, 1.54) is 0 Å². The number of aliphatic hydroxyl groups is 3. The highest BCUT2D eigenvalue weighted by molar-refractivity contribution is 5.77. The molecule has 0 aromatic carbocycles. The van der Waals surface area contributed by atoms with Gasteiger partial charge in [0.05, 0.1) is 13.2 Å². The van der Waals surface area contributed by atoms with E-state index in [1.54, 1.807) is 0 Å². The van der Waals surface area contributed by atoms with E-state index in [0.29, 0.717) is 12.8 Å². The molecule has 5 nitrogen and oxygen atoms in total. The average Bonchev–Trinajstić information content (AvgIpc) is 2.14. The third-order valence-corrected chi connectivity index (χ3v) is 1.96. The van der Waals surface area contributed by atoms with Gasteiger partial charge in [0.25, 0.3) is 0 Å². The minimum absolute atomic E-state index is 0.332. The lowest BCUT2D eigenvalue weighted by molar-refractivity contribution is -0.170. The second-order valence-corrected chi connectivity index (χ2v) is 2.91. The van der Waals surface area contributed by atoms with Gasteiger partial charge in [0.2, 0.25) is 0 Å². The Hall–Kier alpha value is -0.650. The summed E-state index contributed by atoms with van der Waals surface area (Å²) in [7, 11) is 0. The lowest BCUT2D eigenvalue weighted by atomic mass is 9.85. The SMILES string of the molecule is CCCC(CO)(CO)C(=O)OCO. The van der Waals surface area contributed by atoms with Gasteiger partial charge in [-0.2, -0.15) is 0 Å². The zero-order valence-corrected chi connectivity index (χ0v) is 7.69. The Kier molecular flexibility index (Phi) is 5.61. The van der Waals surface area contributed by atoms with Crippen LogP contribution in [0, 0.1) is 5.41 Å². The van der Waals surface area contributed by atoms with Crippen molar-refractivity contribution < 1.29 is 24.9 Å². The van der Waals surface area contributed by atoms with Crippen molar-refractivity contribution >= 4 is 5.97 Å². The Bertz CT molecular complexity index is 153. The monoisotopic (exact) mass is 192 g/mol. The maximum atomic E-state index is 11.2. The predicted molar refractivity (Wildman–Crippen MR) is 44.7 cm³/mol. The van der Waals surface area contributed by atoms with E-state index < -0.39 is 31.4 Å². The van der Waals surface area contributed by atoms with Crippen LogP contribution in [0.3, 0.4) is 0 Å². The van der Waals surface area contributed by atoms with E-state index in [-0.39, 0.29) is 0 Å². The van der Waals surface area contributed by atoms with E-state index in [2.05, 4.69) is 4.74 Å². The molecule has 0 rings (SSSR count). The van der Waals surface area contributed by atoms with Gasteiger partial charge in [-0.25, -0.2) is 0 Å². The van der Waals surface area contributed by atoms with Crippen LogP contribution in [0.2, 0.25) is 0 Å². The molecule has 0 amide bonds. The van der Waals surface area contributed by atoms with Crippen molar-refractivity contribution in [1.29, 1.82) is 0 Å². The summed E-state index contributed by atoms with van der Waals surface area (Å²) in [6.07, 6.45) is 0.973. The molecule has 0 heterocycles.